The first-order valence-electron chi connectivity index (χ1n) is 6.36. The Bertz CT molecular complexity index is 214. The van der Waals surface area contributed by atoms with Gasteiger partial charge in [0.2, 0.25) is 5.91 Å². The summed E-state index contributed by atoms with van der Waals surface area (Å²) in [5.74, 6) is 5.00. The van der Waals surface area contributed by atoms with Gasteiger partial charge in [0.15, 0.2) is 0 Å². The maximum Gasteiger partial charge on any atom is 0.233 e. The molecule has 3 N–H and O–H groups in total. The van der Waals surface area contributed by atoms with Gasteiger partial charge < -0.3 is 4.90 Å². The second-order valence-electron chi connectivity index (χ2n) is 4.91. The van der Waals surface area contributed by atoms with Crippen LogP contribution in [0.1, 0.15) is 51.9 Å². The normalized spacial score (nSPS) is 19.8. The molecule has 1 aliphatic carbocycles. The maximum absolute atomic E-state index is 11.1. The standard InChI is InChI=1S/C12H25N3O/c1-10(8-9-12(16)14-13)15(2)11-6-4-3-5-7-11/h10-11H,3-9,13H2,1-2H3,(H,14,16). The van der Waals surface area contributed by atoms with Gasteiger partial charge in [-0.1, -0.05) is 19.3 Å². The van der Waals surface area contributed by atoms with Crippen LogP contribution < -0.4 is 11.3 Å². The van der Waals surface area contributed by atoms with Gasteiger partial charge >= 0.3 is 0 Å². The van der Waals surface area contributed by atoms with Gasteiger partial charge in [0.1, 0.15) is 0 Å². The molecule has 4 nitrogen and oxygen atoms in total. The van der Waals surface area contributed by atoms with Crippen LogP contribution in [0.3, 0.4) is 0 Å². The lowest BCUT2D eigenvalue weighted by Gasteiger charge is -2.35. The van der Waals surface area contributed by atoms with E-state index < -0.39 is 0 Å². The third-order valence-corrected chi connectivity index (χ3v) is 3.80. The van der Waals surface area contributed by atoms with Crippen molar-refractivity contribution in [3.8, 4) is 0 Å². The Morgan fingerprint density at radius 3 is 2.62 bits per heavy atom. The lowest BCUT2D eigenvalue weighted by Crippen LogP contribution is -2.40. The SMILES string of the molecule is CC(CCC(=O)NN)N(C)C1CCCCC1. The molecule has 0 spiro atoms. The van der Waals surface area contributed by atoms with Crippen molar-refractivity contribution in [3.63, 3.8) is 0 Å². The number of hydrazine groups is 1. The minimum Gasteiger partial charge on any atom is -0.301 e. The van der Waals surface area contributed by atoms with E-state index in [0.29, 0.717) is 18.5 Å². The molecule has 0 heterocycles. The van der Waals surface area contributed by atoms with E-state index in [2.05, 4.69) is 24.3 Å². The molecule has 0 aliphatic heterocycles. The van der Waals surface area contributed by atoms with Crippen molar-refractivity contribution in [2.45, 2.75) is 64.0 Å². The highest BCUT2D eigenvalue weighted by molar-refractivity contribution is 5.75. The number of amides is 1. The van der Waals surface area contributed by atoms with Crippen LogP contribution in [0.2, 0.25) is 0 Å². The summed E-state index contributed by atoms with van der Waals surface area (Å²) in [6.07, 6.45) is 8.11. The van der Waals surface area contributed by atoms with Crippen LogP contribution in [0, 0.1) is 0 Å². The van der Waals surface area contributed by atoms with E-state index in [-0.39, 0.29) is 5.91 Å². The zero-order valence-electron chi connectivity index (χ0n) is 10.5. The molecule has 0 bridgehead atoms. The number of carbonyl (C=O) groups is 1. The first-order chi connectivity index (χ1) is 7.65. The molecule has 1 aliphatic rings. The molecule has 1 amide bonds. The maximum atomic E-state index is 11.1. The largest absolute Gasteiger partial charge is 0.301 e. The minimum absolute atomic E-state index is 0.0658. The van der Waals surface area contributed by atoms with E-state index in [1.807, 2.05) is 0 Å². The Labute approximate surface area is 98.5 Å². The number of rotatable bonds is 5. The molecule has 0 saturated heterocycles. The summed E-state index contributed by atoms with van der Waals surface area (Å²) >= 11 is 0. The van der Waals surface area contributed by atoms with Gasteiger partial charge in [-0.15, -0.1) is 0 Å². The summed E-state index contributed by atoms with van der Waals surface area (Å²) in [4.78, 5) is 13.5. The third-order valence-electron chi connectivity index (χ3n) is 3.80. The number of hydrogen-bond acceptors (Lipinski definition) is 3. The topological polar surface area (TPSA) is 58.4 Å². The number of nitrogens with zero attached hydrogens (tertiary/aromatic N) is 1. The third kappa shape index (κ3) is 4.10. The number of nitrogens with one attached hydrogen (secondary N) is 1. The summed E-state index contributed by atoms with van der Waals surface area (Å²) in [6, 6.07) is 1.17. The predicted octanol–water partition coefficient (Wildman–Crippen LogP) is 1.41. The van der Waals surface area contributed by atoms with E-state index in [4.69, 9.17) is 5.84 Å². The molecular weight excluding hydrogens is 202 g/mol. The Hall–Kier alpha value is -0.610. The molecule has 0 aromatic carbocycles. The second kappa shape index (κ2) is 6.86. The lowest BCUT2D eigenvalue weighted by molar-refractivity contribution is -0.121. The van der Waals surface area contributed by atoms with E-state index in [9.17, 15) is 4.79 Å². The van der Waals surface area contributed by atoms with Crippen molar-refractivity contribution in [2.75, 3.05) is 7.05 Å². The van der Waals surface area contributed by atoms with Gasteiger partial charge in [-0.3, -0.25) is 10.2 Å². The molecule has 1 fully saturated rings. The molecule has 0 radical (unpaired) electrons. The van der Waals surface area contributed by atoms with E-state index in [1.165, 1.54) is 32.1 Å². The molecule has 0 aromatic heterocycles. The molecule has 1 rings (SSSR count). The van der Waals surface area contributed by atoms with Gasteiger partial charge in [-0.05, 0) is 33.2 Å². The molecule has 1 saturated carbocycles. The van der Waals surface area contributed by atoms with Crippen LogP contribution in [0.15, 0.2) is 0 Å². The van der Waals surface area contributed by atoms with Crippen molar-refractivity contribution >= 4 is 5.91 Å². The first kappa shape index (κ1) is 13.5. The Balaban J connectivity index is 2.28. The molecule has 0 aromatic rings. The number of carbonyl (C=O) groups excluding carboxylic acids is 1. The summed E-state index contributed by atoms with van der Waals surface area (Å²) in [5, 5.41) is 0. The molecular formula is C12H25N3O. The molecule has 94 valence electrons. The van der Waals surface area contributed by atoms with Crippen LogP contribution in [0.4, 0.5) is 0 Å². The average Bonchev–Trinajstić information content (AvgIpc) is 2.35. The highest BCUT2D eigenvalue weighted by Crippen LogP contribution is 2.23. The zero-order valence-corrected chi connectivity index (χ0v) is 10.5. The number of hydrogen-bond donors (Lipinski definition) is 2. The fourth-order valence-electron chi connectivity index (χ4n) is 2.46. The summed E-state index contributed by atoms with van der Waals surface area (Å²) in [6.45, 7) is 2.19. The van der Waals surface area contributed by atoms with E-state index in [0.717, 1.165) is 6.42 Å². The van der Waals surface area contributed by atoms with Gasteiger partial charge in [0.05, 0.1) is 0 Å². The highest BCUT2D eigenvalue weighted by atomic mass is 16.2. The Morgan fingerprint density at radius 1 is 1.44 bits per heavy atom. The summed E-state index contributed by atoms with van der Waals surface area (Å²) in [7, 11) is 2.18. The van der Waals surface area contributed by atoms with Gasteiger partial charge in [0, 0.05) is 18.5 Å². The van der Waals surface area contributed by atoms with Crippen LogP contribution in [0.25, 0.3) is 0 Å². The van der Waals surface area contributed by atoms with Crippen molar-refractivity contribution in [3.05, 3.63) is 0 Å². The van der Waals surface area contributed by atoms with Gasteiger partial charge in [-0.2, -0.15) is 0 Å². The lowest BCUT2D eigenvalue weighted by atomic mass is 9.93. The predicted molar refractivity (Wildman–Crippen MR) is 65.7 cm³/mol. The van der Waals surface area contributed by atoms with Crippen LogP contribution in [-0.2, 0) is 4.79 Å². The molecule has 16 heavy (non-hydrogen) atoms. The van der Waals surface area contributed by atoms with Crippen molar-refractivity contribution in [2.24, 2.45) is 5.84 Å². The van der Waals surface area contributed by atoms with Gasteiger partial charge in [-0.25, -0.2) is 5.84 Å². The van der Waals surface area contributed by atoms with Crippen LogP contribution >= 0.6 is 0 Å². The first-order valence-corrected chi connectivity index (χ1v) is 6.36. The molecule has 1 unspecified atom stereocenters. The summed E-state index contributed by atoms with van der Waals surface area (Å²) < 4.78 is 0. The monoisotopic (exact) mass is 227 g/mol. The average molecular weight is 227 g/mol. The van der Waals surface area contributed by atoms with Crippen LogP contribution in [0.5, 0.6) is 0 Å². The zero-order chi connectivity index (χ0) is 12.0. The van der Waals surface area contributed by atoms with Gasteiger partial charge in [0.25, 0.3) is 0 Å². The second-order valence-corrected chi connectivity index (χ2v) is 4.91. The smallest absolute Gasteiger partial charge is 0.233 e. The van der Waals surface area contributed by atoms with Crippen LogP contribution in [-0.4, -0.2) is 29.9 Å². The molecule has 1 atom stereocenters. The van der Waals surface area contributed by atoms with Crippen molar-refractivity contribution in [1.82, 2.24) is 10.3 Å². The van der Waals surface area contributed by atoms with E-state index >= 15 is 0 Å². The number of nitrogens with two attached hydrogens (primary N) is 1. The molecule has 4 heteroatoms. The fourth-order valence-corrected chi connectivity index (χ4v) is 2.46. The Kier molecular flexibility index (Phi) is 5.77. The van der Waals surface area contributed by atoms with E-state index in [1.54, 1.807) is 0 Å². The highest BCUT2D eigenvalue weighted by Gasteiger charge is 2.21. The minimum atomic E-state index is -0.0658. The summed E-state index contributed by atoms with van der Waals surface area (Å²) in [5.41, 5.74) is 2.18. The van der Waals surface area contributed by atoms with Crippen molar-refractivity contribution in [1.29, 1.82) is 0 Å². The fraction of sp³-hybridized carbons (Fsp3) is 0.917. The quantitative estimate of drug-likeness (QED) is 0.424. The van der Waals surface area contributed by atoms with Crippen molar-refractivity contribution < 1.29 is 4.79 Å². The Morgan fingerprint density at radius 2 is 2.06 bits per heavy atom.